The Hall–Kier alpha value is -2.68. The smallest absolute Gasteiger partial charge is 0.220 e. The number of hydrogen-bond acceptors (Lipinski definition) is 7. The van der Waals surface area contributed by atoms with E-state index in [1.54, 1.807) is 0 Å². The van der Waals surface area contributed by atoms with E-state index in [1.165, 1.54) is 12.8 Å². The van der Waals surface area contributed by atoms with Crippen LogP contribution in [0.1, 0.15) is 38.4 Å². The molecule has 0 aliphatic carbocycles. The van der Waals surface area contributed by atoms with Gasteiger partial charge in [0.05, 0.1) is 13.1 Å². The second-order valence-corrected chi connectivity index (χ2v) is 8.18. The molecule has 1 fully saturated rings. The van der Waals surface area contributed by atoms with Crippen LogP contribution in [0.25, 0.3) is 0 Å². The number of carbonyl (C=O) groups is 1. The largest absolute Gasteiger partial charge is 0.486 e. The van der Waals surface area contributed by atoms with Crippen molar-refractivity contribution in [2.75, 3.05) is 26.2 Å². The molecule has 1 N–H and O–H groups in total. The normalized spacial score (nSPS) is 19.6. The number of tetrazole rings is 1. The summed E-state index contributed by atoms with van der Waals surface area (Å²) in [7, 11) is 0. The van der Waals surface area contributed by atoms with Gasteiger partial charge in [-0.25, -0.2) is 4.68 Å². The van der Waals surface area contributed by atoms with Gasteiger partial charge in [-0.3, -0.25) is 9.69 Å². The van der Waals surface area contributed by atoms with Gasteiger partial charge in [0.1, 0.15) is 12.7 Å². The minimum absolute atomic E-state index is 0.00268. The molecule has 1 amide bonds. The summed E-state index contributed by atoms with van der Waals surface area (Å²) in [6.07, 6.45) is 3.38. The van der Waals surface area contributed by atoms with Crippen molar-refractivity contribution in [3.8, 4) is 11.5 Å². The zero-order valence-corrected chi connectivity index (χ0v) is 17.5. The van der Waals surface area contributed by atoms with Crippen molar-refractivity contribution in [1.29, 1.82) is 0 Å². The number of aromatic nitrogens is 4. The minimum atomic E-state index is -0.178. The summed E-state index contributed by atoms with van der Waals surface area (Å²) in [5.41, 5.74) is 0. The number of aryl methyl sites for hydroxylation is 1. The van der Waals surface area contributed by atoms with Gasteiger partial charge in [-0.15, -0.1) is 5.10 Å². The molecule has 162 valence electrons. The second kappa shape index (κ2) is 9.88. The van der Waals surface area contributed by atoms with E-state index in [9.17, 15) is 4.79 Å². The third-order valence-electron chi connectivity index (χ3n) is 5.72. The van der Waals surface area contributed by atoms with Gasteiger partial charge < -0.3 is 14.8 Å². The lowest BCUT2D eigenvalue weighted by Crippen LogP contribution is -2.40. The molecule has 9 nitrogen and oxygen atoms in total. The number of piperidine rings is 1. The molecular formula is C21H30N6O3. The Kier molecular flexibility index (Phi) is 6.78. The zero-order chi connectivity index (χ0) is 20.8. The molecule has 4 rings (SSSR count). The van der Waals surface area contributed by atoms with Gasteiger partial charge in [0, 0.05) is 13.0 Å². The average Bonchev–Trinajstić information content (AvgIpc) is 3.20. The fraction of sp³-hybridized carbons (Fsp3) is 0.619. The Morgan fingerprint density at radius 3 is 2.87 bits per heavy atom. The van der Waals surface area contributed by atoms with Crippen LogP contribution in [0.3, 0.4) is 0 Å². The lowest BCUT2D eigenvalue weighted by molar-refractivity contribution is -0.121. The predicted octanol–water partition coefficient (Wildman–Crippen LogP) is 1.64. The predicted molar refractivity (Wildman–Crippen MR) is 110 cm³/mol. The molecule has 0 radical (unpaired) electrons. The van der Waals surface area contributed by atoms with E-state index in [1.807, 2.05) is 28.9 Å². The average molecular weight is 415 g/mol. The standard InChI is InChI=1S/C21H30N6O3/c1-16-8-11-26(12-9-16)14-20-23-24-25-27(20)10-4-7-21(28)22-13-17-15-29-18-5-2-3-6-19(18)30-17/h2-3,5-6,16-17H,4,7-15H2,1H3,(H,22,28)/t17-/m0/s1. The van der Waals surface area contributed by atoms with E-state index in [4.69, 9.17) is 9.47 Å². The molecule has 3 heterocycles. The first kappa shape index (κ1) is 20.6. The van der Waals surface area contributed by atoms with Crippen LogP contribution in [0, 0.1) is 5.92 Å². The topological polar surface area (TPSA) is 94.4 Å². The van der Waals surface area contributed by atoms with E-state index in [0.29, 0.717) is 32.5 Å². The van der Waals surface area contributed by atoms with E-state index in [2.05, 4.69) is 32.7 Å². The number of para-hydroxylation sites is 2. The number of rotatable bonds is 8. The third-order valence-corrected chi connectivity index (χ3v) is 5.72. The van der Waals surface area contributed by atoms with Crippen LogP contribution in [0.2, 0.25) is 0 Å². The second-order valence-electron chi connectivity index (χ2n) is 8.18. The Labute approximate surface area is 176 Å². The first-order valence-corrected chi connectivity index (χ1v) is 10.8. The molecule has 9 heteroatoms. The van der Waals surface area contributed by atoms with Crippen molar-refractivity contribution in [2.24, 2.45) is 5.92 Å². The van der Waals surface area contributed by atoms with Crippen molar-refractivity contribution in [3.63, 3.8) is 0 Å². The van der Waals surface area contributed by atoms with Crippen LogP contribution < -0.4 is 14.8 Å². The summed E-state index contributed by atoms with van der Waals surface area (Å²) in [6.45, 7) is 6.75. The number of fused-ring (bicyclic) bond motifs is 1. The first-order valence-electron chi connectivity index (χ1n) is 10.8. The lowest BCUT2D eigenvalue weighted by atomic mass is 9.99. The van der Waals surface area contributed by atoms with Crippen LogP contribution in [0.4, 0.5) is 0 Å². The lowest BCUT2D eigenvalue weighted by Gasteiger charge is -2.29. The quantitative estimate of drug-likeness (QED) is 0.702. The number of benzene rings is 1. The highest BCUT2D eigenvalue weighted by Gasteiger charge is 2.21. The Morgan fingerprint density at radius 2 is 2.03 bits per heavy atom. The summed E-state index contributed by atoms with van der Waals surface area (Å²) < 4.78 is 13.4. The Morgan fingerprint density at radius 1 is 1.23 bits per heavy atom. The number of ether oxygens (including phenoxy) is 2. The number of nitrogens with zero attached hydrogens (tertiary/aromatic N) is 5. The van der Waals surface area contributed by atoms with Gasteiger partial charge in [-0.05, 0) is 60.8 Å². The van der Waals surface area contributed by atoms with E-state index < -0.39 is 0 Å². The fourth-order valence-electron chi connectivity index (χ4n) is 3.80. The number of amides is 1. The maximum atomic E-state index is 12.2. The number of hydrogen-bond donors (Lipinski definition) is 1. The highest BCUT2D eigenvalue weighted by Crippen LogP contribution is 2.30. The Balaban J connectivity index is 1.16. The van der Waals surface area contributed by atoms with Gasteiger partial charge >= 0.3 is 0 Å². The summed E-state index contributed by atoms with van der Waals surface area (Å²) >= 11 is 0. The van der Waals surface area contributed by atoms with E-state index in [0.717, 1.165) is 42.9 Å². The number of nitrogens with one attached hydrogen (secondary N) is 1. The monoisotopic (exact) mass is 414 g/mol. The molecule has 1 aromatic carbocycles. The molecular weight excluding hydrogens is 384 g/mol. The van der Waals surface area contributed by atoms with Crippen LogP contribution in [0.15, 0.2) is 24.3 Å². The Bertz CT molecular complexity index is 834. The van der Waals surface area contributed by atoms with E-state index >= 15 is 0 Å². The minimum Gasteiger partial charge on any atom is -0.486 e. The van der Waals surface area contributed by atoms with Gasteiger partial charge in [0.15, 0.2) is 17.3 Å². The maximum Gasteiger partial charge on any atom is 0.220 e. The van der Waals surface area contributed by atoms with Crippen molar-refractivity contribution in [2.45, 2.75) is 51.8 Å². The molecule has 1 saturated heterocycles. The number of carbonyl (C=O) groups excluding carboxylic acids is 1. The van der Waals surface area contributed by atoms with Crippen LogP contribution in [0.5, 0.6) is 11.5 Å². The molecule has 30 heavy (non-hydrogen) atoms. The van der Waals surface area contributed by atoms with Crippen molar-refractivity contribution < 1.29 is 14.3 Å². The van der Waals surface area contributed by atoms with Crippen molar-refractivity contribution >= 4 is 5.91 Å². The molecule has 0 spiro atoms. The molecule has 1 aromatic heterocycles. The zero-order valence-electron chi connectivity index (χ0n) is 17.5. The molecule has 0 saturated carbocycles. The molecule has 2 aliphatic rings. The van der Waals surface area contributed by atoms with Crippen LogP contribution >= 0.6 is 0 Å². The van der Waals surface area contributed by atoms with Crippen LogP contribution in [-0.2, 0) is 17.9 Å². The van der Waals surface area contributed by atoms with Gasteiger partial charge in [0.2, 0.25) is 5.91 Å². The summed E-state index contributed by atoms with van der Waals surface area (Å²) in [5.74, 6) is 3.14. The fourth-order valence-corrected chi connectivity index (χ4v) is 3.80. The SMILES string of the molecule is CC1CCN(Cc2nnnn2CCCC(=O)NC[C@H]2COc3ccccc3O2)CC1. The molecule has 0 unspecified atom stereocenters. The number of likely N-dealkylation sites (tertiary alicyclic amines) is 1. The third kappa shape index (κ3) is 5.47. The summed E-state index contributed by atoms with van der Waals surface area (Å²) in [5, 5.41) is 15.0. The van der Waals surface area contributed by atoms with Gasteiger partial charge in [-0.2, -0.15) is 0 Å². The maximum absolute atomic E-state index is 12.2. The highest BCUT2D eigenvalue weighted by molar-refractivity contribution is 5.75. The molecule has 2 aliphatic heterocycles. The van der Waals surface area contributed by atoms with Crippen molar-refractivity contribution in [1.82, 2.24) is 30.4 Å². The van der Waals surface area contributed by atoms with Crippen LogP contribution in [-0.4, -0.2) is 63.4 Å². The first-order chi connectivity index (χ1) is 14.7. The molecule has 0 bridgehead atoms. The van der Waals surface area contributed by atoms with E-state index in [-0.39, 0.29) is 12.0 Å². The molecule has 1 atom stereocenters. The van der Waals surface area contributed by atoms with Gasteiger partial charge in [0.25, 0.3) is 0 Å². The van der Waals surface area contributed by atoms with Gasteiger partial charge in [-0.1, -0.05) is 19.1 Å². The van der Waals surface area contributed by atoms with Crippen molar-refractivity contribution in [3.05, 3.63) is 30.1 Å². The highest BCUT2D eigenvalue weighted by atomic mass is 16.6. The summed E-state index contributed by atoms with van der Waals surface area (Å²) in [6, 6.07) is 7.57. The summed E-state index contributed by atoms with van der Waals surface area (Å²) in [4.78, 5) is 14.6. The molecule has 2 aromatic rings.